The number of nitro benzene ring substituents is 1. The van der Waals surface area contributed by atoms with Gasteiger partial charge in [-0.3, -0.25) is 34.2 Å². The van der Waals surface area contributed by atoms with Crippen LogP contribution in [0.3, 0.4) is 0 Å². The van der Waals surface area contributed by atoms with Gasteiger partial charge in [0.05, 0.1) is 9.83 Å². The van der Waals surface area contributed by atoms with E-state index in [0.29, 0.717) is 50.4 Å². The van der Waals surface area contributed by atoms with Gasteiger partial charge in [-0.25, -0.2) is 0 Å². The highest BCUT2D eigenvalue weighted by atomic mass is 32.2. The van der Waals surface area contributed by atoms with Crippen LogP contribution in [-0.2, 0) is 19.1 Å². The van der Waals surface area contributed by atoms with Gasteiger partial charge >= 0.3 is 11.7 Å². The van der Waals surface area contributed by atoms with Crippen LogP contribution in [0, 0.1) is 10.1 Å². The van der Waals surface area contributed by atoms with E-state index in [-0.39, 0.29) is 35.3 Å². The summed E-state index contributed by atoms with van der Waals surface area (Å²) in [4.78, 5) is 61.9. The number of amides is 3. The molecule has 2 rings (SSSR count). The number of thioether (sulfide) groups is 1. The smallest absolute Gasteiger partial charge is 0.315 e. The van der Waals surface area contributed by atoms with Crippen LogP contribution in [-0.4, -0.2) is 73.7 Å². The third-order valence-corrected chi connectivity index (χ3v) is 6.36. The highest BCUT2D eigenvalue weighted by Crippen LogP contribution is 2.38. The Hall–Kier alpha value is -3.61. The maximum absolute atomic E-state index is 12.7. The summed E-state index contributed by atoms with van der Waals surface area (Å²) in [6.45, 7) is 5.97. The first-order chi connectivity index (χ1) is 17.7. The summed E-state index contributed by atoms with van der Waals surface area (Å²) in [6, 6.07) is 2.05. The molecule has 0 unspecified atom stereocenters. The van der Waals surface area contributed by atoms with Gasteiger partial charge in [0.25, 0.3) is 11.1 Å². The lowest BCUT2D eigenvalue weighted by Gasteiger charge is -2.20. The zero-order chi connectivity index (χ0) is 28.6. The number of carbonyl (C=O) groups is 4. The number of nitrogens with zero attached hydrogens (tertiary/aromatic N) is 3. The van der Waals surface area contributed by atoms with Crippen molar-refractivity contribution in [2.45, 2.75) is 64.9 Å². The van der Waals surface area contributed by atoms with Gasteiger partial charge in [0, 0.05) is 39.0 Å². The minimum atomic E-state index is -0.885. The molecule has 0 aliphatic carbocycles. The number of nitro groups is 1. The third-order valence-electron chi connectivity index (χ3n) is 5.45. The largest absolute Gasteiger partial charge is 0.504 e. The van der Waals surface area contributed by atoms with Crippen LogP contribution in [0.1, 0.15) is 64.9 Å². The first kappa shape index (κ1) is 30.6. The zero-order valence-electron chi connectivity index (χ0n) is 21.9. The van der Waals surface area contributed by atoms with E-state index in [4.69, 9.17) is 4.74 Å². The van der Waals surface area contributed by atoms with Crippen molar-refractivity contribution in [2.24, 2.45) is 0 Å². The summed E-state index contributed by atoms with van der Waals surface area (Å²) in [5, 5.41) is 29.9. The maximum Gasteiger partial charge on any atom is 0.315 e. The van der Waals surface area contributed by atoms with Crippen molar-refractivity contribution in [2.75, 3.05) is 20.1 Å². The van der Waals surface area contributed by atoms with Crippen molar-refractivity contribution >= 4 is 46.5 Å². The van der Waals surface area contributed by atoms with Gasteiger partial charge in [-0.2, -0.15) is 0 Å². The summed E-state index contributed by atoms with van der Waals surface area (Å²) >= 11 is 0.673. The zero-order valence-corrected chi connectivity index (χ0v) is 22.7. The molecule has 208 valence electrons. The molecule has 1 aromatic carbocycles. The lowest BCUT2D eigenvalue weighted by Crippen LogP contribution is -2.31. The van der Waals surface area contributed by atoms with E-state index in [1.807, 2.05) is 0 Å². The average Bonchev–Trinajstić information content (AvgIpc) is 3.07. The minimum absolute atomic E-state index is 0.0352. The Balaban J connectivity index is 1.78. The Morgan fingerprint density at radius 1 is 1.13 bits per heavy atom. The lowest BCUT2D eigenvalue weighted by atomic mass is 10.1. The van der Waals surface area contributed by atoms with Crippen LogP contribution in [0.15, 0.2) is 17.0 Å². The number of benzene rings is 1. The van der Waals surface area contributed by atoms with Crippen LogP contribution < -0.4 is 0 Å². The molecular weight excluding hydrogens is 518 g/mol. The number of ether oxygens (including phenoxy) is 1. The fraction of sp³-hybridized carbons (Fsp3) is 0.520. The molecule has 3 amide bonds. The van der Waals surface area contributed by atoms with E-state index in [1.54, 1.807) is 32.7 Å². The topological polar surface area (TPSA) is 168 Å². The van der Waals surface area contributed by atoms with Crippen molar-refractivity contribution < 1.29 is 39.1 Å². The predicted octanol–water partition coefficient (Wildman–Crippen LogP) is 4.18. The summed E-state index contributed by atoms with van der Waals surface area (Å²) in [5.74, 6) is -2.52. The molecule has 1 saturated heterocycles. The fourth-order valence-corrected chi connectivity index (χ4v) is 4.43. The van der Waals surface area contributed by atoms with Crippen LogP contribution in [0.4, 0.5) is 10.5 Å². The van der Waals surface area contributed by atoms with Crippen LogP contribution >= 0.6 is 11.8 Å². The van der Waals surface area contributed by atoms with E-state index in [0.717, 1.165) is 17.0 Å². The number of esters is 1. The van der Waals surface area contributed by atoms with Gasteiger partial charge < -0.3 is 19.8 Å². The first-order valence-electron chi connectivity index (χ1n) is 12.1. The molecule has 0 spiro atoms. The number of phenols is 2. The van der Waals surface area contributed by atoms with Crippen molar-refractivity contribution in [1.29, 1.82) is 0 Å². The second-order valence-electron chi connectivity index (χ2n) is 9.81. The Labute approximate surface area is 224 Å². The Morgan fingerprint density at radius 2 is 1.79 bits per heavy atom. The lowest BCUT2D eigenvalue weighted by molar-refractivity contribution is -0.386. The molecule has 2 N–H and O–H groups in total. The van der Waals surface area contributed by atoms with E-state index >= 15 is 0 Å². The molecule has 1 fully saturated rings. The third kappa shape index (κ3) is 9.05. The molecule has 0 atom stereocenters. The van der Waals surface area contributed by atoms with Gasteiger partial charge in [-0.1, -0.05) is 0 Å². The maximum atomic E-state index is 12.7. The standard InChI is InChI=1S/C25H33N3O9S/c1-25(2,3)37-21(31)10-6-5-9-20(30)26(4)11-7-8-12-27-23(33)19(38-24(27)34)15-16-13-17(28(35)36)22(32)18(29)14-16/h13-15,29,32H,5-12H2,1-4H3/b19-15-. The first-order valence-corrected chi connectivity index (χ1v) is 12.9. The fourth-order valence-electron chi connectivity index (χ4n) is 3.56. The van der Waals surface area contributed by atoms with Gasteiger partial charge in [0.2, 0.25) is 11.7 Å². The average molecular weight is 552 g/mol. The van der Waals surface area contributed by atoms with Crippen molar-refractivity contribution in [3.8, 4) is 11.5 Å². The number of carbonyl (C=O) groups excluding carboxylic acids is 4. The molecular formula is C25H33N3O9S. The Kier molecular flexibility index (Phi) is 10.7. The molecule has 0 bridgehead atoms. The summed E-state index contributed by atoms with van der Waals surface area (Å²) < 4.78 is 5.24. The second kappa shape index (κ2) is 13.3. The molecule has 0 saturated carbocycles. The van der Waals surface area contributed by atoms with Gasteiger partial charge in [-0.05, 0) is 75.9 Å². The number of imide groups is 1. The predicted molar refractivity (Wildman–Crippen MR) is 140 cm³/mol. The number of unbranched alkanes of at least 4 members (excludes halogenated alkanes) is 2. The molecule has 0 aromatic heterocycles. The highest BCUT2D eigenvalue weighted by molar-refractivity contribution is 8.18. The van der Waals surface area contributed by atoms with E-state index in [2.05, 4.69) is 0 Å². The summed E-state index contributed by atoms with van der Waals surface area (Å²) in [6.07, 6.45) is 3.94. The minimum Gasteiger partial charge on any atom is -0.504 e. The van der Waals surface area contributed by atoms with Crippen molar-refractivity contribution in [1.82, 2.24) is 9.80 Å². The molecule has 1 aromatic rings. The van der Waals surface area contributed by atoms with E-state index < -0.39 is 38.9 Å². The van der Waals surface area contributed by atoms with Crippen molar-refractivity contribution in [3.63, 3.8) is 0 Å². The number of rotatable bonds is 12. The molecule has 1 heterocycles. The van der Waals surface area contributed by atoms with Gasteiger partial charge in [0.15, 0.2) is 5.75 Å². The Bertz CT molecular complexity index is 1130. The highest BCUT2D eigenvalue weighted by Gasteiger charge is 2.34. The van der Waals surface area contributed by atoms with Gasteiger partial charge in [-0.15, -0.1) is 0 Å². The quantitative estimate of drug-likeness (QED) is 0.0960. The molecule has 12 nitrogen and oxygen atoms in total. The summed E-state index contributed by atoms with van der Waals surface area (Å²) in [5.41, 5.74) is -1.17. The molecule has 38 heavy (non-hydrogen) atoms. The number of hydrogen-bond donors (Lipinski definition) is 2. The van der Waals surface area contributed by atoms with Crippen LogP contribution in [0.5, 0.6) is 11.5 Å². The number of phenolic OH excluding ortho intramolecular Hbond substituents is 2. The second-order valence-corrected chi connectivity index (χ2v) is 10.8. The summed E-state index contributed by atoms with van der Waals surface area (Å²) in [7, 11) is 1.67. The number of aromatic hydroxyl groups is 2. The normalized spacial score (nSPS) is 14.7. The van der Waals surface area contributed by atoms with E-state index in [9.17, 15) is 39.5 Å². The molecule has 13 heteroatoms. The molecule has 1 aliphatic heterocycles. The monoisotopic (exact) mass is 551 g/mol. The van der Waals surface area contributed by atoms with E-state index in [1.165, 1.54) is 6.08 Å². The SMILES string of the molecule is CN(CCCCN1C(=O)S/C(=C\c2cc(O)c(O)c([N+](=O)[O-])c2)C1=O)C(=O)CCCCC(=O)OC(C)(C)C. The molecule has 0 radical (unpaired) electrons. The molecule has 1 aliphatic rings. The Morgan fingerprint density at radius 3 is 2.42 bits per heavy atom. The van der Waals surface area contributed by atoms with Crippen LogP contribution in [0.2, 0.25) is 0 Å². The number of hydrogen-bond acceptors (Lipinski definition) is 10. The van der Waals surface area contributed by atoms with Crippen molar-refractivity contribution in [3.05, 3.63) is 32.7 Å². The van der Waals surface area contributed by atoms with Crippen LogP contribution in [0.25, 0.3) is 6.08 Å². The van der Waals surface area contributed by atoms with Gasteiger partial charge in [0.1, 0.15) is 5.60 Å².